The molecule has 0 heterocycles. The summed E-state index contributed by atoms with van der Waals surface area (Å²) in [4.78, 5) is 25.0. The van der Waals surface area contributed by atoms with E-state index < -0.39 is 0 Å². The average molecular weight is 297 g/mol. The minimum Gasteiger partial charge on any atom is -0.326 e. The van der Waals surface area contributed by atoms with Gasteiger partial charge >= 0.3 is 0 Å². The van der Waals surface area contributed by atoms with E-state index >= 15 is 0 Å². The third-order valence-corrected chi connectivity index (χ3v) is 6.01. The number of nitrogens with one attached hydrogen (secondary N) is 1. The molecule has 1 N–H and O–H groups in total. The fraction of sp³-hybridized carbons (Fsp3) is 0.579. The quantitative estimate of drug-likeness (QED) is 0.859. The summed E-state index contributed by atoms with van der Waals surface area (Å²) < 4.78 is 0. The van der Waals surface area contributed by atoms with Crippen LogP contribution in [0.4, 0.5) is 5.69 Å². The van der Waals surface area contributed by atoms with E-state index in [1.165, 1.54) is 19.3 Å². The second kappa shape index (κ2) is 5.22. The first-order valence-electron chi connectivity index (χ1n) is 8.51. The molecular formula is C19H23NO2. The van der Waals surface area contributed by atoms with Crippen molar-refractivity contribution in [3.63, 3.8) is 0 Å². The zero-order chi connectivity index (χ0) is 15.2. The number of carbonyl (C=O) groups excluding carboxylic acids is 2. The molecule has 0 aliphatic heterocycles. The molecular weight excluding hydrogens is 274 g/mol. The van der Waals surface area contributed by atoms with Crippen molar-refractivity contribution in [2.45, 2.75) is 44.9 Å². The van der Waals surface area contributed by atoms with E-state index in [-0.39, 0.29) is 23.5 Å². The summed E-state index contributed by atoms with van der Waals surface area (Å²) in [6, 6.07) is 9.39. The predicted octanol–water partition coefficient (Wildman–Crippen LogP) is 3.80. The minimum atomic E-state index is -0.164. The first-order valence-corrected chi connectivity index (χ1v) is 8.51. The van der Waals surface area contributed by atoms with Gasteiger partial charge in [0, 0.05) is 11.1 Å². The van der Waals surface area contributed by atoms with Crippen LogP contribution >= 0.6 is 0 Å². The van der Waals surface area contributed by atoms with Crippen LogP contribution < -0.4 is 5.32 Å². The number of Topliss-reactive ketones (excluding diaryl/α,β-unsaturated/α-hetero) is 1. The Kier molecular flexibility index (Phi) is 3.32. The molecule has 4 aliphatic carbocycles. The fourth-order valence-corrected chi connectivity index (χ4v) is 5.51. The van der Waals surface area contributed by atoms with Crippen LogP contribution in [0.3, 0.4) is 0 Å². The highest BCUT2D eigenvalue weighted by atomic mass is 16.2. The monoisotopic (exact) mass is 297 g/mol. The highest BCUT2D eigenvalue weighted by Gasteiger charge is 2.54. The van der Waals surface area contributed by atoms with E-state index in [2.05, 4.69) is 5.32 Å². The maximum absolute atomic E-state index is 12.8. The minimum absolute atomic E-state index is 0.0427. The van der Waals surface area contributed by atoms with Crippen molar-refractivity contribution in [2.75, 3.05) is 5.32 Å². The van der Waals surface area contributed by atoms with E-state index in [0.29, 0.717) is 0 Å². The first-order chi connectivity index (χ1) is 10.6. The van der Waals surface area contributed by atoms with Gasteiger partial charge in [0.25, 0.3) is 0 Å². The lowest BCUT2D eigenvalue weighted by molar-refractivity contribution is -0.145. The van der Waals surface area contributed by atoms with Crippen LogP contribution in [0.25, 0.3) is 0 Å². The highest BCUT2D eigenvalue weighted by Crippen LogP contribution is 2.60. The Hall–Kier alpha value is -1.64. The maximum atomic E-state index is 12.8. The van der Waals surface area contributed by atoms with Crippen molar-refractivity contribution in [3.8, 4) is 0 Å². The number of rotatable bonds is 4. The molecule has 4 saturated carbocycles. The molecule has 4 bridgehead atoms. The largest absolute Gasteiger partial charge is 0.326 e. The molecule has 5 rings (SSSR count). The van der Waals surface area contributed by atoms with Crippen LogP contribution in [0.2, 0.25) is 0 Å². The normalized spacial score (nSPS) is 35.4. The zero-order valence-corrected chi connectivity index (χ0v) is 12.9. The molecule has 0 radical (unpaired) electrons. The Labute approximate surface area is 131 Å². The molecule has 1 amide bonds. The summed E-state index contributed by atoms with van der Waals surface area (Å²) in [5.74, 6) is 2.26. The van der Waals surface area contributed by atoms with Crippen LogP contribution in [0.5, 0.6) is 0 Å². The molecule has 0 unspecified atom stereocenters. The lowest BCUT2D eigenvalue weighted by Gasteiger charge is -2.55. The SMILES string of the molecule is O=C(CC(=O)C12CC3CC(CC(C3)C1)C2)Nc1ccccc1. The van der Waals surface area contributed by atoms with Gasteiger partial charge in [0.1, 0.15) is 5.78 Å². The summed E-state index contributed by atoms with van der Waals surface area (Å²) in [5, 5.41) is 2.85. The van der Waals surface area contributed by atoms with Crippen molar-refractivity contribution in [3.05, 3.63) is 30.3 Å². The van der Waals surface area contributed by atoms with Gasteiger partial charge in [-0.25, -0.2) is 0 Å². The van der Waals surface area contributed by atoms with Crippen LogP contribution in [0.1, 0.15) is 44.9 Å². The van der Waals surface area contributed by atoms with E-state index in [4.69, 9.17) is 0 Å². The Balaban J connectivity index is 1.43. The molecule has 116 valence electrons. The summed E-state index contributed by atoms with van der Waals surface area (Å²) in [5.41, 5.74) is 0.605. The maximum Gasteiger partial charge on any atom is 0.231 e. The van der Waals surface area contributed by atoms with Crippen molar-refractivity contribution >= 4 is 17.4 Å². The summed E-state index contributed by atoms with van der Waals surface area (Å²) in [6.45, 7) is 0. The third-order valence-electron chi connectivity index (χ3n) is 6.01. The summed E-state index contributed by atoms with van der Waals surface area (Å²) in [7, 11) is 0. The van der Waals surface area contributed by atoms with Crippen LogP contribution in [0, 0.1) is 23.2 Å². The first kappa shape index (κ1) is 14.0. The van der Waals surface area contributed by atoms with Crippen LogP contribution in [0.15, 0.2) is 30.3 Å². The number of hydrogen-bond donors (Lipinski definition) is 1. The van der Waals surface area contributed by atoms with E-state index in [1.807, 2.05) is 30.3 Å². The zero-order valence-electron chi connectivity index (χ0n) is 12.9. The van der Waals surface area contributed by atoms with Gasteiger partial charge in [0.15, 0.2) is 0 Å². The number of carbonyl (C=O) groups is 2. The Morgan fingerprint density at radius 1 is 0.955 bits per heavy atom. The molecule has 3 heteroatoms. The summed E-state index contributed by atoms with van der Waals surface area (Å²) >= 11 is 0. The second-order valence-electron chi connectivity index (χ2n) is 7.71. The van der Waals surface area contributed by atoms with Crippen LogP contribution in [-0.4, -0.2) is 11.7 Å². The van der Waals surface area contributed by atoms with Gasteiger partial charge in [0.05, 0.1) is 6.42 Å². The molecule has 4 fully saturated rings. The standard InChI is InChI=1S/C19H23NO2/c21-17(9-18(22)20-16-4-2-1-3-5-16)19-10-13-6-14(11-19)8-15(7-13)12-19/h1-5,13-15H,6-12H2,(H,20,22). The van der Waals surface area contributed by atoms with Crippen molar-refractivity contribution in [2.24, 2.45) is 23.2 Å². The number of hydrogen-bond acceptors (Lipinski definition) is 2. The Morgan fingerprint density at radius 3 is 2.05 bits per heavy atom. The topological polar surface area (TPSA) is 46.2 Å². The summed E-state index contributed by atoms with van der Waals surface area (Å²) in [6.07, 6.45) is 7.12. The van der Waals surface area contributed by atoms with E-state index in [0.717, 1.165) is 42.7 Å². The molecule has 0 atom stereocenters. The van der Waals surface area contributed by atoms with Crippen molar-refractivity contribution in [1.82, 2.24) is 0 Å². The molecule has 4 aliphatic rings. The predicted molar refractivity (Wildman–Crippen MR) is 85.3 cm³/mol. The molecule has 0 spiro atoms. The molecule has 22 heavy (non-hydrogen) atoms. The van der Waals surface area contributed by atoms with Crippen molar-refractivity contribution in [1.29, 1.82) is 0 Å². The second-order valence-corrected chi connectivity index (χ2v) is 7.71. The van der Waals surface area contributed by atoms with Gasteiger partial charge < -0.3 is 5.32 Å². The smallest absolute Gasteiger partial charge is 0.231 e. The molecule has 0 aromatic heterocycles. The lowest BCUT2D eigenvalue weighted by Crippen LogP contribution is -2.50. The van der Waals surface area contributed by atoms with E-state index in [1.54, 1.807) is 0 Å². The fourth-order valence-electron chi connectivity index (χ4n) is 5.51. The number of benzene rings is 1. The highest BCUT2D eigenvalue weighted by molar-refractivity contribution is 6.06. The molecule has 0 saturated heterocycles. The number of anilines is 1. The van der Waals surface area contributed by atoms with Gasteiger partial charge in [-0.2, -0.15) is 0 Å². The molecule has 3 nitrogen and oxygen atoms in total. The van der Waals surface area contributed by atoms with Gasteiger partial charge in [-0.15, -0.1) is 0 Å². The molecule has 1 aromatic carbocycles. The molecule has 1 aromatic rings. The average Bonchev–Trinajstić information content (AvgIpc) is 2.46. The van der Waals surface area contributed by atoms with Crippen LogP contribution in [-0.2, 0) is 9.59 Å². The Bertz CT molecular complexity index is 557. The lowest BCUT2D eigenvalue weighted by atomic mass is 9.48. The number of para-hydroxylation sites is 1. The third kappa shape index (κ3) is 2.47. The van der Waals surface area contributed by atoms with Gasteiger partial charge in [-0.3, -0.25) is 9.59 Å². The number of amides is 1. The Morgan fingerprint density at radius 2 is 1.50 bits per heavy atom. The van der Waals surface area contributed by atoms with Crippen molar-refractivity contribution < 1.29 is 9.59 Å². The van der Waals surface area contributed by atoms with Gasteiger partial charge in [-0.1, -0.05) is 18.2 Å². The van der Waals surface area contributed by atoms with Gasteiger partial charge in [0.2, 0.25) is 5.91 Å². The van der Waals surface area contributed by atoms with Gasteiger partial charge in [-0.05, 0) is 68.4 Å². The number of ketones is 1. The van der Waals surface area contributed by atoms with E-state index in [9.17, 15) is 9.59 Å².